The van der Waals surface area contributed by atoms with E-state index >= 15 is 4.39 Å². The molecule has 0 saturated carbocycles. The van der Waals surface area contributed by atoms with Gasteiger partial charge in [-0.05, 0) is 62.2 Å². The molecule has 0 unspecified atom stereocenters. The Labute approximate surface area is 230 Å². The molecule has 1 saturated heterocycles. The number of nitrogens with zero attached hydrogens (tertiary/aromatic N) is 6. The molecule has 2 aromatic carbocycles. The number of nitrogens with one attached hydrogen (secondary N) is 1. The van der Waals surface area contributed by atoms with E-state index in [-0.39, 0.29) is 23.6 Å². The first-order valence-corrected chi connectivity index (χ1v) is 13.0. The Morgan fingerprint density at radius 3 is 2.83 bits per heavy atom. The molecule has 0 aliphatic carbocycles. The summed E-state index contributed by atoms with van der Waals surface area (Å²) in [5.74, 6) is 0.854. The minimum atomic E-state index is -0.495. The first-order valence-electron chi connectivity index (χ1n) is 13.0. The summed E-state index contributed by atoms with van der Waals surface area (Å²) in [6.07, 6.45) is 5.29. The van der Waals surface area contributed by atoms with Gasteiger partial charge in [0.2, 0.25) is 5.91 Å². The number of carbonyl (C=O) groups excluding carboxylic acids is 1. The third kappa shape index (κ3) is 4.61. The molecule has 9 nitrogen and oxygen atoms in total. The fraction of sp³-hybridized carbons (Fsp3) is 0.233. The van der Waals surface area contributed by atoms with E-state index < -0.39 is 5.82 Å². The first kappa shape index (κ1) is 25.4. The van der Waals surface area contributed by atoms with E-state index in [1.165, 1.54) is 18.5 Å². The van der Waals surface area contributed by atoms with Gasteiger partial charge < -0.3 is 19.5 Å². The molecule has 2 atom stereocenters. The highest BCUT2D eigenvalue weighted by molar-refractivity contribution is 5.88. The van der Waals surface area contributed by atoms with Crippen LogP contribution in [0.3, 0.4) is 0 Å². The number of amides is 1. The van der Waals surface area contributed by atoms with E-state index in [1.807, 2.05) is 55.8 Å². The zero-order valence-electron chi connectivity index (χ0n) is 22.4. The smallest absolute Gasteiger partial charge is 0.246 e. The van der Waals surface area contributed by atoms with Gasteiger partial charge in [-0.15, -0.1) is 0 Å². The van der Waals surface area contributed by atoms with Crippen LogP contribution in [0.5, 0.6) is 11.5 Å². The number of aromatic nitrogens is 5. The maximum Gasteiger partial charge on any atom is 0.246 e. The van der Waals surface area contributed by atoms with Crippen LogP contribution in [-0.4, -0.2) is 47.9 Å². The average Bonchev–Trinajstić information content (AvgIpc) is 3.53. The van der Waals surface area contributed by atoms with Crippen molar-refractivity contribution in [2.24, 2.45) is 7.05 Å². The van der Waals surface area contributed by atoms with Gasteiger partial charge in [0.25, 0.3) is 0 Å². The second-order valence-electron chi connectivity index (χ2n) is 10.1. The topological polar surface area (TPSA) is 98.1 Å². The number of imidazole rings is 1. The van der Waals surface area contributed by atoms with E-state index in [0.29, 0.717) is 34.9 Å². The molecule has 1 fully saturated rings. The van der Waals surface area contributed by atoms with Crippen LogP contribution >= 0.6 is 0 Å². The maximum absolute atomic E-state index is 15.3. The van der Waals surface area contributed by atoms with Gasteiger partial charge in [0, 0.05) is 43.4 Å². The number of hydrogen-bond acceptors (Lipinski definition) is 7. The SMILES string of the molecule is C=CC(=O)N1C[C@H](c2ccc3ncnc(Nc4cc(C)c(Oc5ccc6c(c5)ncn6C)cc4F)c3n2)C[C@H]1C. The number of benzene rings is 2. The first-order chi connectivity index (χ1) is 19.3. The van der Waals surface area contributed by atoms with Gasteiger partial charge in [0.1, 0.15) is 29.2 Å². The fourth-order valence-corrected chi connectivity index (χ4v) is 5.25. The molecule has 0 radical (unpaired) electrons. The van der Waals surface area contributed by atoms with Crippen LogP contribution in [0.2, 0.25) is 0 Å². The zero-order valence-corrected chi connectivity index (χ0v) is 22.4. The number of pyridine rings is 1. The second kappa shape index (κ2) is 10.0. The van der Waals surface area contributed by atoms with Crippen LogP contribution in [0.1, 0.15) is 30.5 Å². The Kier molecular flexibility index (Phi) is 6.37. The second-order valence-corrected chi connectivity index (χ2v) is 10.1. The molecule has 202 valence electrons. The number of anilines is 2. The molecule has 1 aliphatic heterocycles. The number of hydrogen-bond donors (Lipinski definition) is 1. The standard InChI is InChI=1S/C30H28FN7O2/c1-5-28(39)38-14-19(11-18(38)3)22-7-8-23-29(35-22)30(33-15-32-23)36-24-10-17(2)27(13-21(24)31)40-20-6-9-26-25(12-20)34-16-37(26)4/h5-10,12-13,15-16,18-19H,1,11,14H2,2-4H3,(H,32,33,36)/t18-,19-/m1/s1. The van der Waals surface area contributed by atoms with Crippen LogP contribution in [0, 0.1) is 12.7 Å². The number of carbonyl (C=O) groups is 1. The Hall–Kier alpha value is -4.86. The molecule has 10 heteroatoms. The van der Waals surface area contributed by atoms with Crippen molar-refractivity contribution >= 4 is 39.5 Å². The normalized spacial score (nSPS) is 16.9. The Morgan fingerprint density at radius 2 is 2.00 bits per heavy atom. The number of likely N-dealkylation sites (tertiary alicyclic amines) is 1. The van der Waals surface area contributed by atoms with E-state index in [4.69, 9.17) is 9.72 Å². The molecular formula is C30H28FN7O2. The lowest BCUT2D eigenvalue weighted by molar-refractivity contribution is -0.126. The highest BCUT2D eigenvalue weighted by Gasteiger charge is 2.33. The monoisotopic (exact) mass is 537 g/mol. The maximum atomic E-state index is 15.3. The van der Waals surface area contributed by atoms with Crippen molar-refractivity contribution in [3.63, 3.8) is 0 Å². The van der Waals surface area contributed by atoms with Crippen LogP contribution < -0.4 is 10.1 Å². The minimum Gasteiger partial charge on any atom is -0.457 e. The summed E-state index contributed by atoms with van der Waals surface area (Å²) in [6.45, 7) is 8.04. The van der Waals surface area contributed by atoms with Crippen molar-refractivity contribution < 1.29 is 13.9 Å². The lowest BCUT2D eigenvalue weighted by Gasteiger charge is -2.19. The van der Waals surface area contributed by atoms with Gasteiger partial charge in [0.15, 0.2) is 5.82 Å². The summed E-state index contributed by atoms with van der Waals surface area (Å²) in [5, 5.41) is 3.10. The number of aryl methyl sites for hydroxylation is 2. The molecule has 3 aromatic heterocycles. The molecule has 0 bridgehead atoms. The fourth-order valence-electron chi connectivity index (χ4n) is 5.25. The number of halogens is 1. The molecule has 5 aromatic rings. The van der Waals surface area contributed by atoms with Gasteiger partial charge in [0.05, 0.1) is 28.6 Å². The van der Waals surface area contributed by atoms with Gasteiger partial charge in [-0.25, -0.2) is 24.3 Å². The van der Waals surface area contributed by atoms with Crippen molar-refractivity contribution in [1.82, 2.24) is 29.4 Å². The predicted molar refractivity (Wildman–Crippen MR) is 151 cm³/mol. The average molecular weight is 538 g/mol. The third-order valence-electron chi connectivity index (χ3n) is 7.40. The summed E-state index contributed by atoms with van der Waals surface area (Å²) in [4.78, 5) is 31.9. The van der Waals surface area contributed by atoms with Crippen LogP contribution in [0.25, 0.3) is 22.1 Å². The Bertz CT molecular complexity index is 1780. The quantitative estimate of drug-likeness (QED) is 0.274. The molecule has 1 amide bonds. The molecule has 0 spiro atoms. The largest absolute Gasteiger partial charge is 0.457 e. The minimum absolute atomic E-state index is 0.0667. The summed E-state index contributed by atoms with van der Waals surface area (Å²) < 4.78 is 23.3. The lowest BCUT2D eigenvalue weighted by Crippen LogP contribution is -2.32. The molecular weight excluding hydrogens is 509 g/mol. The van der Waals surface area contributed by atoms with E-state index in [1.54, 1.807) is 17.3 Å². The summed E-state index contributed by atoms with van der Waals surface area (Å²) in [5.41, 5.74) is 4.76. The number of ether oxygens (including phenoxy) is 1. The Balaban J connectivity index is 1.27. The van der Waals surface area contributed by atoms with Gasteiger partial charge >= 0.3 is 0 Å². The molecule has 1 aliphatic rings. The summed E-state index contributed by atoms with van der Waals surface area (Å²) in [6, 6.07) is 12.5. The van der Waals surface area contributed by atoms with Gasteiger partial charge in [-0.1, -0.05) is 6.58 Å². The Morgan fingerprint density at radius 1 is 1.15 bits per heavy atom. The third-order valence-corrected chi connectivity index (χ3v) is 7.40. The molecule has 1 N–H and O–H groups in total. The van der Waals surface area contributed by atoms with Crippen molar-refractivity contribution in [3.8, 4) is 11.5 Å². The van der Waals surface area contributed by atoms with Gasteiger partial charge in [-0.2, -0.15) is 0 Å². The zero-order chi connectivity index (χ0) is 28.0. The molecule has 6 rings (SSSR count). The highest BCUT2D eigenvalue weighted by atomic mass is 19.1. The molecule has 4 heterocycles. The molecule has 40 heavy (non-hydrogen) atoms. The van der Waals surface area contributed by atoms with Crippen LogP contribution in [-0.2, 0) is 11.8 Å². The van der Waals surface area contributed by atoms with Crippen molar-refractivity contribution in [1.29, 1.82) is 0 Å². The van der Waals surface area contributed by atoms with Crippen molar-refractivity contribution in [3.05, 3.63) is 84.8 Å². The van der Waals surface area contributed by atoms with Crippen molar-refractivity contribution in [2.45, 2.75) is 32.2 Å². The van der Waals surface area contributed by atoms with Crippen LogP contribution in [0.4, 0.5) is 15.9 Å². The summed E-state index contributed by atoms with van der Waals surface area (Å²) >= 11 is 0. The predicted octanol–water partition coefficient (Wildman–Crippen LogP) is 5.79. The highest BCUT2D eigenvalue weighted by Crippen LogP contribution is 2.35. The van der Waals surface area contributed by atoms with Crippen LogP contribution in [0.15, 0.2) is 67.8 Å². The number of fused-ring (bicyclic) bond motifs is 2. The van der Waals surface area contributed by atoms with E-state index in [0.717, 1.165) is 28.7 Å². The van der Waals surface area contributed by atoms with E-state index in [9.17, 15) is 4.79 Å². The van der Waals surface area contributed by atoms with Gasteiger partial charge in [-0.3, -0.25) is 4.79 Å². The summed E-state index contributed by atoms with van der Waals surface area (Å²) in [7, 11) is 1.92. The van der Waals surface area contributed by atoms with Crippen molar-refractivity contribution in [2.75, 3.05) is 11.9 Å². The number of rotatable bonds is 6. The van der Waals surface area contributed by atoms with E-state index in [2.05, 4.69) is 26.8 Å². The lowest BCUT2D eigenvalue weighted by atomic mass is 10.0.